The molecular formula is C22H30N4O2. The van der Waals surface area contributed by atoms with Crippen LogP contribution in [0.25, 0.3) is 0 Å². The minimum Gasteiger partial charge on any atom is -0.508 e. The van der Waals surface area contributed by atoms with Crippen LogP contribution in [0.4, 0.5) is 5.69 Å². The van der Waals surface area contributed by atoms with Crippen LogP contribution >= 0.6 is 0 Å². The highest BCUT2D eigenvalue weighted by Gasteiger charge is 2.17. The van der Waals surface area contributed by atoms with Gasteiger partial charge in [-0.05, 0) is 80.8 Å². The fourth-order valence-electron chi connectivity index (χ4n) is 3.41. The summed E-state index contributed by atoms with van der Waals surface area (Å²) in [7, 11) is 2.15. The summed E-state index contributed by atoms with van der Waals surface area (Å²) in [4.78, 5) is 2.34. The van der Waals surface area contributed by atoms with Crippen molar-refractivity contribution in [1.82, 2.24) is 4.90 Å². The summed E-state index contributed by atoms with van der Waals surface area (Å²) in [5, 5.41) is 20.9. The molecule has 0 bridgehead atoms. The van der Waals surface area contributed by atoms with Gasteiger partial charge in [-0.1, -0.05) is 0 Å². The maximum atomic E-state index is 9.96. The molecule has 1 aliphatic rings. The van der Waals surface area contributed by atoms with E-state index in [0.29, 0.717) is 11.7 Å². The number of piperidine rings is 1. The maximum absolute atomic E-state index is 9.96. The van der Waals surface area contributed by atoms with E-state index < -0.39 is 0 Å². The summed E-state index contributed by atoms with van der Waals surface area (Å²) in [6.07, 6.45) is 4.05. The van der Waals surface area contributed by atoms with Crippen molar-refractivity contribution >= 4 is 11.5 Å². The van der Waals surface area contributed by atoms with Crippen molar-refractivity contribution in [2.24, 2.45) is 5.73 Å². The molecule has 0 amide bonds. The van der Waals surface area contributed by atoms with Crippen LogP contribution in [0.2, 0.25) is 0 Å². The number of nitrogens with two attached hydrogens (primary N) is 1. The molecule has 1 aliphatic heterocycles. The zero-order valence-electron chi connectivity index (χ0n) is 16.4. The monoisotopic (exact) mass is 382 g/mol. The molecule has 1 heterocycles. The summed E-state index contributed by atoms with van der Waals surface area (Å²) in [6, 6.07) is 13.2. The van der Waals surface area contributed by atoms with Crippen LogP contribution in [0.3, 0.4) is 0 Å². The van der Waals surface area contributed by atoms with E-state index >= 15 is 0 Å². The fraction of sp³-hybridized carbons (Fsp3) is 0.409. The number of phenols is 1. The largest absolute Gasteiger partial charge is 0.508 e. The number of rotatable bonds is 8. The molecular weight excluding hydrogens is 352 g/mol. The van der Waals surface area contributed by atoms with E-state index in [-0.39, 0.29) is 11.6 Å². The zero-order chi connectivity index (χ0) is 19.9. The Morgan fingerprint density at radius 3 is 2.61 bits per heavy atom. The lowest BCUT2D eigenvalue weighted by molar-refractivity contribution is 0.114. The first-order valence-electron chi connectivity index (χ1n) is 9.86. The van der Waals surface area contributed by atoms with Crippen LogP contribution in [-0.4, -0.2) is 48.6 Å². The molecule has 0 saturated carbocycles. The molecule has 2 aromatic rings. The van der Waals surface area contributed by atoms with Gasteiger partial charge in [-0.15, -0.1) is 0 Å². The van der Waals surface area contributed by atoms with Crippen molar-refractivity contribution in [2.45, 2.75) is 31.8 Å². The standard InChI is InChI=1S/C22H30N4O2/c1-26-13-10-20(11-14-26)28-19-7-5-18(6-8-19)25-12-2-3-16-15-17(22(23)24)4-9-21(16)27/h4-9,15,20,25,27H,2-3,10-14H2,1H3,(H3,23,24). The SMILES string of the molecule is CN1CCC(Oc2ccc(NCCCc3cc(C(=N)N)ccc3O)cc2)CC1. The summed E-state index contributed by atoms with van der Waals surface area (Å²) >= 11 is 0. The van der Waals surface area contributed by atoms with Crippen molar-refractivity contribution in [2.75, 3.05) is 32.0 Å². The lowest BCUT2D eigenvalue weighted by Crippen LogP contribution is -2.35. The first-order valence-corrected chi connectivity index (χ1v) is 9.86. The third kappa shape index (κ3) is 5.63. The Labute approximate surface area is 166 Å². The average Bonchev–Trinajstić information content (AvgIpc) is 2.69. The predicted octanol–water partition coefficient (Wildman–Crippen LogP) is 3.19. The molecule has 0 aromatic heterocycles. The number of ether oxygens (including phenoxy) is 1. The van der Waals surface area contributed by atoms with Crippen LogP contribution in [0.15, 0.2) is 42.5 Å². The molecule has 1 saturated heterocycles. The second kappa shape index (κ2) is 9.46. The Hall–Kier alpha value is -2.73. The molecule has 5 N–H and O–H groups in total. The minimum atomic E-state index is 0.0157. The lowest BCUT2D eigenvalue weighted by Gasteiger charge is -2.29. The summed E-state index contributed by atoms with van der Waals surface area (Å²) in [5.74, 6) is 1.19. The van der Waals surface area contributed by atoms with Crippen molar-refractivity contribution < 1.29 is 9.84 Å². The van der Waals surface area contributed by atoms with Crippen molar-refractivity contribution in [1.29, 1.82) is 5.41 Å². The number of hydrogen-bond acceptors (Lipinski definition) is 5. The van der Waals surface area contributed by atoms with Gasteiger partial charge in [-0.2, -0.15) is 0 Å². The van der Waals surface area contributed by atoms with Gasteiger partial charge < -0.3 is 25.8 Å². The molecule has 6 heteroatoms. The zero-order valence-corrected chi connectivity index (χ0v) is 16.4. The van der Waals surface area contributed by atoms with Crippen molar-refractivity contribution in [3.63, 3.8) is 0 Å². The molecule has 0 unspecified atom stereocenters. The maximum Gasteiger partial charge on any atom is 0.122 e. The van der Waals surface area contributed by atoms with Gasteiger partial charge in [-0.25, -0.2) is 0 Å². The van der Waals surface area contributed by atoms with Crippen LogP contribution in [0.1, 0.15) is 30.4 Å². The van der Waals surface area contributed by atoms with Crippen LogP contribution in [-0.2, 0) is 6.42 Å². The lowest BCUT2D eigenvalue weighted by atomic mass is 10.0. The number of nitrogens with one attached hydrogen (secondary N) is 2. The van der Waals surface area contributed by atoms with Gasteiger partial charge in [0.15, 0.2) is 0 Å². The Kier molecular flexibility index (Phi) is 6.76. The quantitative estimate of drug-likeness (QED) is 0.320. The third-order valence-electron chi connectivity index (χ3n) is 5.17. The van der Waals surface area contributed by atoms with E-state index in [0.717, 1.165) is 62.3 Å². The second-order valence-corrected chi connectivity index (χ2v) is 7.43. The van der Waals surface area contributed by atoms with E-state index in [1.165, 1.54) is 0 Å². The summed E-state index contributed by atoms with van der Waals surface area (Å²) in [5.41, 5.74) is 8.03. The third-order valence-corrected chi connectivity index (χ3v) is 5.17. The number of amidine groups is 1. The van der Waals surface area contributed by atoms with Crippen LogP contribution in [0.5, 0.6) is 11.5 Å². The average molecular weight is 383 g/mol. The highest BCUT2D eigenvalue weighted by molar-refractivity contribution is 5.95. The predicted molar refractivity (Wildman–Crippen MR) is 114 cm³/mol. The number of aromatic hydroxyl groups is 1. The summed E-state index contributed by atoms with van der Waals surface area (Å²) in [6.45, 7) is 2.98. The summed E-state index contributed by atoms with van der Waals surface area (Å²) < 4.78 is 6.08. The Balaban J connectivity index is 1.43. The van der Waals surface area contributed by atoms with Gasteiger partial charge in [0.25, 0.3) is 0 Å². The van der Waals surface area contributed by atoms with E-state index in [4.69, 9.17) is 15.9 Å². The molecule has 6 nitrogen and oxygen atoms in total. The van der Waals surface area contributed by atoms with Gasteiger partial charge >= 0.3 is 0 Å². The van der Waals surface area contributed by atoms with Gasteiger partial charge in [-0.3, -0.25) is 5.41 Å². The van der Waals surface area contributed by atoms with Gasteiger partial charge in [0.2, 0.25) is 0 Å². The number of anilines is 1. The molecule has 28 heavy (non-hydrogen) atoms. The number of phenolic OH excluding ortho intramolecular Hbond substituents is 1. The van der Waals surface area contributed by atoms with Crippen LogP contribution in [0, 0.1) is 5.41 Å². The van der Waals surface area contributed by atoms with E-state index in [2.05, 4.69) is 17.3 Å². The van der Waals surface area contributed by atoms with Crippen molar-refractivity contribution in [3.05, 3.63) is 53.6 Å². The molecule has 0 radical (unpaired) electrons. The Morgan fingerprint density at radius 2 is 1.93 bits per heavy atom. The van der Waals surface area contributed by atoms with Gasteiger partial charge in [0.05, 0.1) is 0 Å². The van der Waals surface area contributed by atoms with E-state index in [1.807, 2.05) is 24.3 Å². The number of nitrogens with zero attached hydrogens (tertiary/aromatic N) is 1. The smallest absolute Gasteiger partial charge is 0.122 e. The fourth-order valence-corrected chi connectivity index (χ4v) is 3.41. The molecule has 2 aromatic carbocycles. The highest BCUT2D eigenvalue weighted by atomic mass is 16.5. The minimum absolute atomic E-state index is 0.0157. The molecule has 0 atom stereocenters. The number of nitrogen functional groups attached to an aromatic ring is 1. The number of benzene rings is 2. The van der Waals surface area contributed by atoms with Gasteiger partial charge in [0.1, 0.15) is 23.4 Å². The molecule has 3 rings (SSSR count). The number of hydrogen-bond donors (Lipinski definition) is 4. The van der Waals surface area contributed by atoms with Crippen molar-refractivity contribution in [3.8, 4) is 11.5 Å². The molecule has 1 fully saturated rings. The normalized spacial score (nSPS) is 15.3. The first kappa shape index (κ1) is 20.0. The first-order chi connectivity index (χ1) is 13.5. The number of likely N-dealkylation sites (tertiary alicyclic amines) is 1. The second-order valence-electron chi connectivity index (χ2n) is 7.43. The Bertz CT molecular complexity index is 784. The van der Waals surface area contributed by atoms with E-state index in [9.17, 15) is 5.11 Å². The molecule has 150 valence electrons. The topological polar surface area (TPSA) is 94.6 Å². The number of aryl methyl sites for hydroxylation is 1. The molecule has 0 spiro atoms. The van der Waals surface area contributed by atoms with E-state index in [1.54, 1.807) is 18.2 Å². The highest BCUT2D eigenvalue weighted by Crippen LogP contribution is 2.22. The Morgan fingerprint density at radius 1 is 1.21 bits per heavy atom. The van der Waals surface area contributed by atoms with Crippen LogP contribution < -0.4 is 15.8 Å². The molecule has 0 aliphatic carbocycles. The van der Waals surface area contributed by atoms with Gasteiger partial charge in [0, 0.05) is 30.9 Å².